The first-order valence-corrected chi connectivity index (χ1v) is 12.2. The number of nitrogens with one attached hydrogen (secondary N) is 2. The lowest BCUT2D eigenvalue weighted by atomic mass is 10.2. The van der Waals surface area contributed by atoms with Crippen LogP contribution in [0.25, 0.3) is 0 Å². The molecule has 0 aliphatic carbocycles. The van der Waals surface area contributed by atoms with Crippen LogP contribution in [0, 0.1) is 11.6 Å². The van der Waals surface area contributed by atoms with Crippen LogP contribution in [0.4, 0.5) is 29.7 Å². The topological polar surface area (TPSA) is 121 Å². The number of hydrazine groups is 1. The van der Waals surface area contributed by atoms with Crippen molar-refractivity contribution >= 4 is 35.1 Å². The highest BCUT2D eigenvalue weighted by Gasteiger charge is 2.34. The predicted molar refractivity (Wildman–Crippen MR) is 132 cm³/mol. The number of halogens is 3. The Morgan fingerprint density at radius 3 is 2.74 bits per heavy atom. The number of hydrogen-bond donors (Lipinski definition) is 2. The Bertz CT molecular complexity index is 1290. The average Bonchev–Trinajstić information content (AvgIpc) is 3.45. The number of carbonyl (C=O) groups is 2. The molecule has 0 radical (unpaired) electrons. The van der Waals surface area contributed by atoms with Gasteiger partial charge in [-0.1, -0.05) is 16.8 Å². The van der Waals surface area contributed by atoms with Gasteiger partial charge in [-0.25, -0.2) is 33.5 Å². The molecule has 2 saturated heterocycles. The number of anilines is 2. The van der Waals surface area contributed by atoms with Crippen molar-refractivity contribution in [2.75, 3.05) is 42.5 Å². The number of rotatable bonds is 6. The van der Waals surface area contributed by atoms with Crippen molar-refractivity contribution in [3.63, 3.8) is 0 Å². The van der Waals surface area contributed by atoms with Crippen LogP contribution in [0.3, 0.4) is 0 Å². The Morgan fingerprint density at radius 1 is 1.18 bits per heavy atom. The Balaban J connectivity index is 1.21. The van der Waals surface area contributed by atoms with E-state index in [0.29, 0.717) is 5.15 Å². The van der Waals surface area contributed by atoms with Crippen LogP contribution < -0.4 is 20.5 Å². The van der Waals surface area contributed by atoms with Crippen molar-refractivity contribution in [3.05, 3.63) is 65.2 Å². The van der Waals surface area contributed by atoms with Crippen molar-refractivity contribution in [3.8, 4) is 0 Å². The number of cyclic esters (lactones) is 1. The van der Waals surface area contributed by atoms with Crippen molar-refractivity contribution < 1.29 is 23.1 Å². The Morgan fingerprint density at radius 2 is 2.00 bits per heavy atom. The third-order valence-corrected chi connectivity index (χ3v) is 6.33. The molecule has 2 aliphatic heterocycles. The number of nitrogens with zero attached hydrogens (tertiary/aromatic N) is 7. The van der Waals surface area contributed by atoms with Gasteiger partial charge in [0.2, 0.25) is 0 Å². The van der Waals surface area contributed by atoms with Gasteiger partial charge in [0, 0.05) is 50.7 Å². The van der Waals surface area contributed by atoms with Crippen LogP contribution in [0.1, 0.15) is 5.56 Å². The second-order valence-corrected chi connectivity index (χ2v) is 9.08. The van der Waals surface area contributed by atoms with E-state index in [1.807, 2.05) is 0 Å². The summed E-state index contributed by atoms with van der Waals surface area (Å²) in [6.45, 7) is 1.51. The number of pyridine rings is 1. The summed E-state index contributed by atoms with van der Waals surface area (Å²) in [5.74, 6) is -1.64. The minimum Gasteiger partial charge on any atom is -0.442 e. The summed E-state index contributed by atoms with van der Waals surface area (Å²) in [6, 6.07) is 5.22. The number of hydrogen-bond acceptors (Lipinski definition) is 8. The van der Waals surface area contributed by atoms with Gasteiger partial charge < -0.3 is 15.0 Å². The lowest BCUT2D eigenvalue weighted by molar-refractivity contribution is 0.129. The number of carbonyl (C=O) groups excluding carboxylic acids is 2. The summed E-state index contributed by atoms with van der Waals surface area (Å²) in [5, 5.41) is 12.0. The van der Waals surface area contributed by atoms with E-state index in [-0.39, 0.29) is 63.2 Å². The lowest BCUT2D eigenvalue weighted by Gasteiger charge is -2.25. The van der Waals surface area contributed by atoms with Crippen molar-refractivity contribution in [2.24, 2.45) is 0 Å². The molecule has 0 unspecified atom stereocenters. The van der Waals surface area contributed by atoms with E-state index in [1.165, 1.54) is 25.7 Å². The molecule has 4 heterocycles. The molecule has 15 heteroatoms. The Kier molecular flexibility index (Phi) is 7.51. The Labute approximate surface area is 221 Å². The summed E-state index contributed by atoms with van der Waals surface area (Å²) in [5.41, 5.74) is 3.58. The minimum atomic E-state index is -0.819. The summed E-state index contributed by atoms with van der Waals surface area (Å²) >= 11 is 5.87. The molecule has 0 spiro atoms. The number of amides is 3. The predicted octanol–water partition coefficient (Wildman–Crippen LogP) is 2.17. The zero-order chi connectivity index (χ0) is 26.6. The minimum absolute atomic E-state index is 0.0556. The monoisotopic (exact) mass is 547 g/mol. The summed E-state index contributed by atoms with van der Waals surface area (Å²) in [6.07, 6.45) is 3.43. The molecule has 2 N–H and O–H groups in total. The maximum Gasteiger partial charge on any atom is 0.414 e. The standard InChI is InChI=1S/C23H24ClF2N9O3/c24-20-9-15(1-2-27-20)12-28-22(36)35-8-7-32(5-4-30-35)21-18(25)10-16(11-19(21)26)34-14-17(38-23(34)37)13-33-6-3-29-31-33/h1-3,6,9-11,17,30H,4-5,7-8,12-14H2,(H,28,36)/t17-/m0/s1. The molecule has 3 amide bonds. The van der Waals surface area contributed by atoms with Crippen molar-refractivity contribution in [1.29, 1.82) is 0 Å². The molecule has 38 heavy (non-hydrogen) atoms. The molecular weight excluding hydrogens is 524 g/mol. The maximum absolute atomic E-state index is 15.2. The van der Waals surface area contributed by atoms with E-state index in [9.17, 15) is 9.59 Å². The first-order chi connectivity index (χ1) is 18.4. The molecule has 2 fully saturated rings. The van der Waals surface area contributed by atoms with Gasteiger partial charge in [-0.2, -0.15) is 0 Å². The molecule has 2 aliphatic rings. The van der Waals surface area contributed by atoms with E-state index >= 15 is 8.78 Å². The number of ether oxygens (including phenoxy) is 1. The Hall–Kier alpha value is -4.04. The fourth-order valence-corrected chi connectivity index (χ4v) is 4.53. The highest BCUT2D eigenvalue weighted by atomic mass is 35.5. The zero-order valence-electron chi connectivity index (χ0n) is 20.1. The fourth-order valence-electron chi connectivity index (χ4n) is 4.33. The van der Waals surface area contributed by atoms with E-state index in [1.54, 1.807) is 24.5 Å². The third-order valence-electron chi connectivity index (χ3n) is 6.12. The number of urea groups is 1. The maximum atomic E-state index is 15.2. The lowest BCUT2D eigenvalue weighted by Crippen LogP contribution is -2.48. The van der Waals surface area contributed by atoms with E-state index in [4.69, 9.17) is 16.3 Å². The summed E-state index contributed by atoms with van der Waals surface area (Å²) < 4.78 is 37.2. The van der Waals surface area contributed by atoms with Gasteiger partial charge in [0.1, 0.15) is 16.9 Å². The fraction of sp³-hybridized carbons (Fsp3) is 0.348. The van der Waals surface area contributed by atoms with Gasteiger partial charge >= 0.3 is 12.1 Å². The van der Waals surface area contributed by atoms with Gasteiger partial charge in [-0.3, -0.25) is 9.91 Å². The van der Waals surface area contributed by atoms with Crippen LogP contribution in [0.2, 0.25) is 5.15 Å². The second-order valence-electron chi connectivity index (χ2n) is 8.69. The van der Waals surface area contributed by atoms with Crippen molar-refractivity contribution in [2.45, 2.75) is 19.2 Å². The molecule has 0 saturated carbocycles. The van der Waals surface area contributed by atoms with Crippen LogP contribution in [0.5, 0.6) is 0 Å². The largest absolute Gasteiger partial charge is 0.442 e. The van der Waals surface area contributed by atoms with Gasteiger partial charge in [-0.15, -0.1) is 5.10 Å². The molecule has 5 rings (SSSR count). The van der Waals surface area contributed by atoms with Crippen LogP contribution in [0.15, 0.2) is 42.9 Å². The average molecular weight is 548 g/mol. The molecule has 200 valence electrons. The van der Waals surface area contributed by atoms with E-state index in [0.717, 1.165) is 17.7 Å². The number of aromatic nitrogens is 4. The van der Waals surface area contributed by atoms with Crippen LogP contribution in [-0.4, -0.2) is 75.9 Å². The molecule has 1 atom stereocenters. The smallest absolute Gasteiger partial charge is 0.414 e. The molecule has 2 aromatic heterocycles. The third kappa shape index (κ3) is 5.75. The zero-order valence-corrected chi connectivity index (χ0v) is 20.8. The molecule has 0 bridgehead atoms. The van der Waals surface area contributed by atoms with Gasteiger partial charge in [0.25, 0.3) is 0 Å². The highest BCUT2D eigenvalue weighted by Crippen LogP contribution is 2.31. The van der Waals surface area contributed by atoms with E-state index in [2.05, 4.69) is 26.0 Å². The summed E-state index contributed by atoms with van der Waals surface area (Å²) in [7, 11) is 0. The number of benzene rings is 1. The quantitative estimate of drug-likeness (QED) is 0.451. The van der Waals surface area contributed by atoms with E-state index < -0.39 is 23.8 Å². The SMILES string of the molecule is O=C(NCc1ccnc(Cl)c1)N1CCN(c2c(F)cc(N3C[C@H](Cn4ccnn4)OC3=O)cc2F)CCN1. The summed E-state index contributed by atoms with van der Waals surface area (Å²) in [4.78, 5) is 31.6. The van der Waals surface area contributed by atoms with Gasteiger partial charge in [0.05, 0.1) is 31.5 Å². The molecular formula is C23H24ClF2N9O3. The molecule has 3 aromatic rings. The normalized spacial score (nSPS) is 17.9. The first kappa shape index (κ1) is 25.6. The molecule has 12 nitrogen and oxygen atoms in total. The van der Waals surface area contributed by atoms with Gasteiger partial charge in [-0.05, 0) is 17.7 Å². The second kappa shape index (κ2) is 11.1. The van der Waals surface area contributed by atoms with Crippen LogP contribution >= 0.6 is 11.6 Å². The molecule has 1 aromatic carbocycles. The van der Waals surface area contributed by atoms with Crippen LogP contribution in [-0.2, 0) is 17.8 Å². The van der Waals surface area contributed by atoms with Crippen molar-refractivity contribution in [1.82, 2.24) is 35.7 Å². The van der Waals surface area contributed by atoms with Gasteiger partial charge in [0.15, 0.2) is 11.6 Å². The highest BCUT2D eigenvalue weighted by molar-refractivity contribution is 6.29. The first-order valence-electron chi connectivity index (χ1n) is 11.8.